The minimum absolute atomic E-state index is 0.113. The van der Waals surface area contributed by atoms with Crippen molar-refractivity contribution in [2.24, 2.45) is 0 Å². The van der Waals surface area contributed by atoms with Crippen LogP contribution in [-0.4, -0.2) is 22.7 Å². The van der Waals surface area contributed by atoms with E-state index in [9.17, 15) is 13.2 Å². The summed E-state index contributed by atoms with van der Waals surface area (Å²) in [6.07, 6.45) is -3.19. The highest BCUT2D eigenvalue weighted by molar-refractivity contribution is 5.52. The van der Waals surface area contributed by atoms with Crippen LogP contribution in [-0.2, 0) is 12.6 Å². The third-order valence-corrected chi connectivity index (χ3v) is 2.32. The molecule has 0 bridgehead atoms. The van der Waals surface area contributed by atoms with Gasteiger partial charge in [0.05, 0.1) is 18.2 Å². The standard InChI is InChI=1S/C9H9F3N2O/c10-9(11,12)6-1-5-2-7(4-15)14-8(5)13-3-6/h1,3,7,15H,2,4H2,(H,13,14). The number of nitrogens with one attached hydrogen (secondary N) is 1. The van der Waals surface area contributed by atoms with Crippen molar-refractivity contribution in [2.75, 3.05) is 11.9 Å². The van der Waals surface area contributed by atoms with Crippen LogP contribution in [0.3, 0.4) is 0 Å². The second-order valence-corrected chi connectivity index (χ2v) is 3.46. The Morgan fingerprint density at radius 3 is 2.87 bits per heavy atom. The van der Waals surface area contributed by atoms with E-state index in [2.05, 4.69) is 10.3 Å². The average molecular weight is 218 g/mol. The molecule has 1 atom stereocenters. The minimum Gasteiger partial charge on any atom is -0.394 e. The van der Waals surface area contributed by atoms with Crippen molar-refractivity contribution >= 4 is 5.82 Å². The van der Waals surface area contributed by atoms with E-state index >= 15 is 0 Å². The number of fused-ring (bicyclic) bond motifs is 1. The average Bonchev–Trinajstić information content (AvgIpc) is 2.57. The van der Waals surface area contributed by atoms with Crippen molar-refractivity contribution in [1.29, 1.82) is 0 Å². The predicted octanol–water partition coefficient (Wildman–Crippen LogP) is 1.43. The molecule has 2 rings (SSSR count). The summed E-state index contributed by atoms with van der Waals surface area (Å²) in [4.78, 5) is 3.68. The first kappa shape index (κ1) is 10.2. The van der Waals surface area contributed by atoms with Gasteiger partial charge in [-0.25, -0.2) is 4.98 Å². The van der Waals surface area contributed by atoms with Crippen molar-refractivity contribution in [3.05, 3.63) is 23.4 Å². The second kappa shape index (κ2) is 3.37. The molecular formula is C9H9F3N2O. The van der Waals surface area contributed by atoms with E-state index in [1.807, 2.05) is 0 Å². The molecule has 3 nitrogen and oxygen atoms in total. The fraction of sp³-hybridized carbons (Fsp3) is 0.444. The van der Waals surface area contributed by atoms with Gasteiger partial charge in [0.15, 0.2) is 0 Å². The maximum Gasteiger partial charge on any atom is 0.417 e. The lowest BCUT2D eigenvalue weighted by Crippen LogP contribution is -2.19. The molecule has 0 aromatic carbocycles. The van der Waals surface area contributed by atoms with Gasteiger partial charge in [-0.05, 0) is 18.1 Å². The number of rotatable bonds is 1. The molecule has 1 aliphatic heterocycles. The highest BCUT2D eigenvalue weighted by Crippen LogP contribution is 2.32. The Morgan fingerprint density at radius 2 is 2.27 bits per heavy atom. The largest absolute Gasteiger partial charge is 0.417 e. The summed E-state index contributed by atoms with van der Waals surface area (Å²) in [7, 11) is 0. The smallest absolute Gasteiger partial charge is 0.394 e. The number of nitrogens with zero attached hydrogens (tertiary/aromatic N) is 1. The van der Waals surface area contributed by atoms with Gasteiger partial charge < -0.3 is 10.4 Å². The molecule has 0 saturated carbocycles. The van der Waals surface area contributed by atoms with Gasteiger partial charge in [-0.3, -0.25) is 0 Å². The van der Waals surface area contributed by atoms with E-state index in [1.54, 1.807) is 0 Å². The SMILES string of the molecule is OCC1Cc2cc(C(F)(F)F)cnc2N1. The molecule has 1 unspecified atom stereocenters. The predicted molar refractivity (Wildman–Crippen MR) is 47.4 cm³/mol. The summed E-state index contributed by atoms with van der Waals surface area (Å²) >= 11 is 0. The number of anilines is 1. The third-order valence-electron chi connectivity index (χ3n) is 2.32. The fourth-order valence-electron chi connectivity index (χ4n) is 1.57. The zero-order valence-electron chi connectivity index (χ0n) is 7.67. The van der Waals surface area contributed by atoms with Crippen LogP contribution in [0.25, 0.3) is 0 Å². The normalized spacial score (nSPS) is 19.9. The van der Waals surface area contributed by atoms with Crippen molar-refractivity contribution < 1.29 is 18.3 Å². The lowest BCUT2D eigenvalue weighted by molar-refractivity contribution is -0.137. The van der Waals surface area contributed by atoms with Crippen LogP contribution in [0.2, 0.25) is 0 Å². The summed E-state index contributed by atoms with van der Waals surface area (Å²) in [5, 5.41) is 11.7. The number of hydrogen-bond donors (Lipinski definition) is 2. The molecule has 0 fully saturated rings. The zero-order valence-corrected chi connectivity index (χ0v) is 7.67. The Hall–Kier alpha value is -1.30. The number of aromatic nitrogens is 1. The molecule has 2 heterocycles. The molecule has 0 radical (unpaired) electrons. The second-order valence-electron chi connectivity index (χ2n) is 3.46. The van der Waals surface area contributed by atoms with E-state index in [4.69, 9.17) is 5.11 Å². The molecule has 6 heteroatoms. The molecule has 0 saturated heterocycles. The minimum atomic E-state index is -4.36. The molecule has 15 heavy (non-hydrogen) atoms. The maximum absolute atomic E-state index is 12.3. The van der Waals surface area contributed by atoms with E-state index < -0.39 is 11.7 Å². The Balaban J connectivity index is 2.30. The number of halogens is 3. The summed E-state index contributed by atoms with van der Waals surface area (Å²) < 4.78 is 37.0. The lowest BCUT2D eigenvalue weighted by Gasteiger charge is -2.07. The van der Waals surface area contributed by atoms with Gasteiger partial charge in [-0.2, -0.15) is 13.2 Å². The van der Waals surface area contributed by atoms with Gasteiger partial charge in [0.2, 0.25) is 0 Å². The van der Waals surface area contributed by atoms with Crippen molar-refractivity contribution in [3.8, 4) is 0 Å². The molecular weight excluding hydrogens is 209 g/mol. The molecule has 0 aliphatic carbocycles. The Morgan fingerprint density at radius 1 is 1.53 bits per heavy atom. The highest BCUT2D eigenvalue weighted by Gasteiger charge is 2.33. The molecule has 1 aromatic heterocycles. The summed E-state index contributed by atoms with van der Waals surface area (Å²) in [6.45, 7) is -0.113. The molecule has 0 amide bonds. The van der Waals surface area contributed by atoms with Crippen molar-refractivity contribution in [1.82, 2.24) is 4.98 Å². The number of pyridine rings is 1. The number of hydrogen-bond acceptors (Lipinski definition) is 3. The van der Waals surface area contributed by atoms with Crippen LogP contribution in [0, 0.1) is 0 Å². The summed E-state index contributed by atoms with van der Waals surface area (Å²) in [5.41, 5.74) is -0.245. The number of alkyl halides is 3. The van der Waals surface area contributed by atoms with Crippen LogP contribution < -0.4 is 5.32 Å². The highest BCUT2D eigenvalue weighted by atomic mass is 19.4. The van der Waals surface area contributed by atoms with Crippen molar-refractivity contribution in [3.63, 3.8) is 0 Å². The maximum atomic E-state index is 12.3. The van der Waals surface area contributed by atoms with Crippen LogP contribution >= 0.6 is 0 Å². The van der Waals surface area contributed by atoms with E-state index in [0.29, 0.717) is 17.8 Å². The van der Waals surface area contributed by atoms with Gasteiger partial charge in [0.25, 0.3) is 0 Å². The van der Waals surface area contributed by atoms with Crippen molar-refractivity contribution in [2.45, 2.75) is 18.6 Å². The number of aliphatic hydroxyl groups excluding tert-OH is 1. The Kier molecular flexibility index (Phi) is 2.30. The summed E-state index contributed by atoms with van der Waals surface area (Å²) in [5.74, 6) is 0.432. The van der Waals surface area contributed by atoms with Gasteiger partial charge in [-0.1, -0.05) is 0 Å². The first-order chi connectivity index (χ1) is 7.00. The van der Waals surface area contributed by atoms with Gasteiger partial charge in [0.1, 0.15) is 5.82 Å². The van der Waals surface area contributed by atoms with Crippen LogP contribution in [0.15, 0.2) is 12.3 Å². The van der Waals surface area contributed by atoms with Crippen LogP contribution in [0.5, 0.6) is 0 Å². The first-order valence-corrected chi connectivity index (χ1v) is 4.44. The Labute approximate surface area is 83.9 Å². The van der Waals surface area contributed by atoms with E-state index in [-0.39, 0.29) is 12.6 Å². The van der Waals surface area contributed by atoms with Gasteiger partial charge >= 0.3 is 6.18 Å². The van der Waals surface area contributed by atoms with E-state index in [1.165, 1.54) is 0 Å². The van der Waals surface area contributed by atoms with E-state index in [0.717, 1.165) is 12.3 Å². The van der Waals surface area contributed by atoms with Crippen LogP contribution in [0.4, 0.5) is 19.0 Å². The fourth-order valence-corrected chi connectivity index (χ4v) is 1.57. The van der Waals surface area contributed by atoms with Crippen LogP contribution in [0.1, 0.15) is 11.1 Å². The lowest BCUT2D eigenvalue weighted by atomic mass is 10.1. The summed E-state index contributed by atoms with van der Waals surface area (Å²) in [6, 6.07) is 0.848. The Bertz CT molecular complexity index is 378. The molecule has 1 aliphatic rings. The molecule has 2 N–H and O–H groups in total. The monoisotopic (exact) mass is 218 g/mol. The third kappa shape index (κ3) is 1.90. The quantitative estimate of drug-likeness (QED) is 0.749. The first-order valence-electron chi connectivity index (χ1n) is 4.44. The topological polar surface area (TPSA) is 45.2 Å². The van der Waals surface area contributed by atoms with Gasteiger partial charge in [-0.15, -0.1) is 0 Å². The molecule has 82 valence electrons. The zero-order chi connectivity index (χ0) is 11.1. The molecule has 0 spiro atoms. The van der Waals surface area contributed by atoms with Gasteiger partial charge in [0, 0.05) is 6.20 Å². The molecule has 1 aromatic rings. The number of aliphatic hydroxyl groups is 1.